The number of hydrogen-bond acceptors (Lipinski definition) is 3. The second-order valence-corrected chi connectivity index (χ2v) is 8.28. The van der Waals surface area contributed by atoms with E-state index in [1.165, 1.54) is 16.7 Å². The predicted octanol–water partition coefficient (Wildman–Crippen LogP) is 6.28. The van der Waals surface area contributed by atoms with Crippen LogP contribution in [-0.4, -0.2) is 30.7 Å². The first kappa shape index (κ1) is 26.0. The molecule has 0 radical (unpaired) electrons. The van der Waals surface area contributed by atoms with Crippen molar-refractivity contribution in [2.75, 3.05) is 25.0 Å². The summed E-state index contributed by atoms with van der Waals surface area (Å²) < 4.78 is 0. The van der Waals surface area contributed by atoms with Crippen LogP contribution in [0.2, 0.25) is 5.02 Å². The van der Waals surface area contributed by atoms with Crippen molar-refractivity contribution in [1.29, 1.82) is 0 Å². The summed E-state index contributed by atoms with van der Waals surface area (Å²) in [6, 6.07) is 5.24. The highest BCUT2D eigenvalue weighted by Gasteiger charge is 2.08. The number of rotatable bonds is 13. The van der Waals surface area contributed by atoms with Crippen LogP contribution in [0.1, 0.15) is 70.2 Å². The van der Waals surface area contributed by atoms with Crippen molar-refractivity contribution >= 4 is 23.2 Å². The van der Waals surface area contributed by atoms with Crippen molar-refractivity contribution in [3.8, 4) is 0 Å². The molecule has 4 nitrogen and oxygen atoms in total. The van der Waals surface area contributed by atoms with Gasteiger partial charge in [0.15, 0.2) is 0 Å². The Morgan fingerprint density at radius 1 is 1.03 bits per heavy atom. The van der Waals surface area contributed by atoms with E-state index < -0.39 is 0 Å². The van der Waals surface area contributed by atoms with E-state index in [9.17, 15) is 4.79 Å². The van der Waals surface area contributed by atoms with Gasteiger partial charge in [-0.3, -0.25) is 4.79 Å². The van der Waals surface area contributed by atoms with E-state index in [0.29, 0.717) is 30.1 Å². The maximum atomic E-state index is 12.0. The minimum Gasteiger partial charge on any atom is -0.396 e. The first-order valence-corrected chi connectivity index (χ1v) is 11.1. The Morgan fingerprint density at radius 2 is 1.70 bits per heavy atom. The van der Waals surface area contributed by atoms with Gasteiger partial charge in [0, 0.05) is 25.3 Å². The lowest BCUT2D eigenvalue weighted by Crippen LogP contribution is -2.25. The summed E-state index contributed by atoms with van der Waals surface area (Å²) in [5.41, 5.74) is 5.49. The fourth-order valence-electron chi connectivity index (χ4n) is 2.86. The van der Waals surface area contributed by atoms with Gasteiger partial charge < -0.3 is 15.7 Å². The Balaban J connectivity index is 2.43. The lowest BCUT2D eigenvalue weighted by Gasteiger charge is -2.09. The highest BCUT2D eigenvalue weighted by atomic mass is 35.5. The number of benzene rings is 1. The number of allylic oxidation sites excluding steroid dienone is 5. The number of aliphatic hydroxyl groups excluding tert-OH is 1. The zero-order chi connectivity index (χ0) is 22.4. The molecular weight excluding hydrogens is 396 g/mol. The fourth-order valence-corrected chi connectivity index (χ4v) is 3.10. The number of hydrogen-bond donors (Lipinski definition) is 3. The molecule has 0 aliphatic carbocycles. The highest BCUT2D eigenvalue weighted by molar-refractivity contribution is 6.33. The molecule has 1 amide bonds. The summed E-state index contributed by atoms with van der Waals surface area (Å²) in [7, 11) is 0. The van der Waals surface area contributed by atoms with Crippen LogP contribution in [0.4, 0.5) is 5.69 Å². The molecule has 3 N–H and O–H groups in total. The van der Waals surface area contributed by atoms with Gasteiger partial charge in [-0.1, -0.05) is 46.5 Å². The van der Waals surface area contributed by atoms with Gasteiger partial charge in [-0.25, -0.2) is 0 Å². The highest BCUT2D eigenvalue weighted by Crippen LogP contribution is 2.23. The molecule has 1 rings (SSSR count). The van der Waals surface area contributed by atoms with Crippen molar-refractivity contribution in [2.24, 2.45) is 0 Å². The van der Waals surface area contributed by atoms with E-state index in [4.69, 9.17) is 16.7 Å². The largest absolute Gasteiger partial charge is 0.396 e. The molecule has 0 bridgehead atoms. The van der Waals surface area contributed by atoms with Crippen molar-refractivity contribution in [2.45, 2.75) is 59.8 Å². The number of halogens is 1. The van der Waals surface area contributed by atoms with Crippen LogP contribution in [0, 0.1) is 0 Å². The molecule has 30 heavy (non-hydrogen) atoms. The first-order valence-electron chi connectivity index (χ1n) is 10.7. The summed E-state index contributed by atoms with van der Waals surface area (Å²) in [4.78, 5) is 12.0. The Morgan fingerprint density at radius 3 is 2.33 bits per heavy atom. The average Bonchev–Trinajstić information content (AvgIpc) is 2.69. The normalized spacial score (nSPS) is 11.9. The molecule has 0 aliphatic heterocycles. The first-order chi connectivity index (χ1) is 14.3. The minimum atomic E-state index is -0.183. The monoisotopic (exact) mass is 432 g/mol. The molecule has 0 saturated carbocycles. The summed E-state index contributed by atoms with van der Waals surface area (Å²) in [6.07, 6.45) is 11.7. The van der Waals surface area contributed by atoms with E-state index >= 15 is 0 Å². The number of aliphatic hydroxyl groups is 1. The molecule has 0 fully saturated rings. The maximum Gasteiger partial charge on any atom is 0.251 e. The minimum absolute atomic E-state index is 0.0585. The summed E-state index contributed by atoms with van der Waals surface area (Å²) in [5.74, 6) is -0.183. The van der Waals surface area contributed by atoms with Crippen LogP contribution in [0.5, 0.6) is 0 Å². The zero-order valence-corrected chi connectivity index (χ0v) is 19.6. The summed E-state index contributed by atoms with van der Waals surface area (Å²) >= 11 is 6.31. The van der Waals surface area contributed by atoms with Crippen LogP contribution in [0.25, 0.3) is 0 Å². The van der Waals surface area contributed by atoms with Gasteiger partial charge in [0.25, 0.3) is 5.91 Å². The number of carbonyl (C=O) groups excluding carboxylic acids is 1. The van der Waals surface area contributed by atoms with Crippen LogP contribution < -0.4 is 10.6 Å². The molecule has 1 aromatic rings. The van der Waals surface area contributed by atoms with Crippen LogP contribution >= 0.6 is 11.6 Å². The van der Waals surface area contributed by atoms with E-state index in [0.717, 1.165) is 31.4 Å². The molecule has 1 aromatic carbocycles. The fraction of sp³-hybridized carbons (Fsp3) is 0.480. The quantitative estimate of drug-likeness (QED) is 0.254. The smallest absolute Gasteiger partial charge is 0.251 e. The van der Waals surface area contributed by atoms with E-state index in [-0.39, 0.29) is 12.5 Å². The van der Waals surface area contributed by atoms with Crippen LogP contribution in [0.15, 0.2) is 53.1 Å². The molecule has 0 heterocycles. The molecule has 0 aromatic heterocycles. The zero-order valence-electron chi connectivity index (χ0n) is 18.9. The molecule has 0 unspecified atom stereocenters. The third-order valence-corrected chi connectivity index (χ3v) is 5.03. The van der Waals surface area contributed by atoms with Crippen LogP contribution in [-0.2, 0) is 0 Å². The van der Waals surface area contributed by atoms with Crippen molar-refractivity contribution in [1.82, 2.24) is 5.32 Å². The molecule has 0 atom stereocenters. The molecular formula is C25H37ClN2O2. The van der Waals surface area contributed by atoms with Gasteiger partial charge in [-0.15, -0.1) is 0 Å². The van der Waals surface area contributed by atoms with Gasteiger partial charge in [0.05, 0.1) is 10.7 Å². The van der Waals surface area contributed by atoms with Gasteiger partial charge in [-0.2, -0.15) is 0 Å². The molecule has 166 valence electrons. The predicted molar refractivity (Wildman–Crippen MR) is 129 cm³/mol. The third-order valence-electron chi connectivity index (χ3n) is 4.72. The molecule has 5 heteroatoms. The summed E-state index contributed by atoms with van der Waals surface area (Å²) in [6.45, 7) is 9.83. The summed E-state index contributed by atoms with van der Waals surface area (Å²) in [5, 5.41) is 15.4. The molecule has 0 spiro atoms. The van der Waals surface area contributed by atoms with Crippen LogP contribution in [0.3, 0.4) is 0 Å². The van der Waals surface area contributed by atoms with E-state index in [1.807, 2.05) is 6.07 Å². The van der Waals surface area contributed by atoms with Gasteiger partial charge >= 0.3 is 0 Å². The Labute approximate surface area is 187 Å². The molecule has 0 aliphatic rings. The van der Waals surface area contributed by atoms with Crippen molar-refractivity contribution in [3.05, 3.63) is 63.7 Å². The number of anilines is 1. The SMILES string of the molecule is CC(C)=CCCC(C)=CCCC(C)=CCNc1ccc(C(=O)NCCCO)cc1Cl. The van der Waals surface area contributed by atoms with Gasteiger partial charge in [0.2, 0.25) is 0 Å². The van der Waals surface area contributed by atoms with Gasteiger partial charge in [0.1, 0.15) is 0 Å². The van der Waals surface area contributed by atoms with Crippen molar-refractivity contribution in [3.63, 3.8) is 0 Å². The standard InChI is InChI=1S/C25H37ClN2O2/c1-19(2)8-5-9-20(3)10-6-11-21(4)14-16-27-24-13-12-22(18-23(24)26)25(30)28-15-7-17-29/h8,10,12-14,18,27,29H,5-7,9,11,15-17H2,1-4H3,(H,28,30). The Bertz CT molecular complexity index is 762. The van der Waals surface area contributed by atoms with Crippen molar-refractivity contribution < 1.29 is 9.90 Å². The molecule has 0 saturated heterocycles. The lowest BCUT2D eigenvalue weighted by molar-refractivity contribution is 0.0951. The second kappa shape index (κ2) is 14.9. The van der Waals surface area contributed by atoms with E-state index in [2.05, 4.69) is 56.6 Å². The topological polar surface area (TPSA) is 61.4 Å². The average molecular weight is 433 g/mol. The number of carbonyl (C=O) groups is 1. The lowest BCUT2D eigenvalue weighted by atomic mass is 10.1. The maximum absolute atomic E-state index is 12.0. The third kappa shape index (κ3) is 11.2. The second-order valence-electron chi connectivity index (χ2n) is 7.87. The number of amides is 1. The number of nitrogens with one attached hydrogen (secondary N) is 2. The van der Waals surface area contributed by atoms with Gasteiger partial charge in [-0.05, 0) is 78.0 Å². The Kier molecular flexibility index (Phi) is 12.9. The van der Waals surface area contributed by atoms with E-state index in [1.54, 1.807) is 12.1 Å². The Hall–Kier alpha value is -2.04.